The molecule has 1 N–H and O–H groups in total. The minimum atomic E-state index is -1.00. The van der Waals surface area contributed by atoms with Gasteiger partial charge in [0, 0.05) is 5.56 Å². The number of hydrogen-bond donors (Lipinski definition) is 1. The van der Waals surface area contributed by atoms with E-state index in [4.69, 9.17) is 9.47 Å². The number of amides is 1. The van der Waals surface area contributed by atoms with Gasteiger partial charge in [0.15, 0.2) is 5.13 Å². The number of hydrogen-bond acceptors (Lipinski definition) is 7. The molecule has 0 saturated carbocycles. The molecule has 0 spiro atoms. The van der Waals surface area contributed by atoms with E-state index in [1.54, 1.807) is 36.4 Å². The van der Waals surface area contributed by atoms with Crippen LogP contribution in [0.4, 0.5) is 9.52 Å². The van der Waals surface area contributed by atoms with Gasteiger partial charge in [0.1, 0.15) is 23.1 Å². The first-order chi connectivity index (χ1) is 17.4. The zero-order valence-corrected chi connectivity index (χ0v) is 20.2. The topological polar surface area (TPSA) is 89.0 Å². The monoisotopic (exact) mass is 504 g/mol. The summed E-state index contributed by atoms with van der Waals surface area (Å²) in [5.74, 6) is -1.25. The van der Waals surface area contributed by atoms with Crippen molar-refractivity contribution >= 4 is 44.1 Å². The average Bonchev–Trinajstić information content (AvgIpc) is 3.42. The minimum Gasteiger partial charge on any atom is -0.507 e. The largest absolute Gasteiger partial charge is 0.507 e. The molecule has 0 bridgehead atoms. The van der Waals surface area contributed by atoms with E-state index in [0.29, 0.717) is 34.7 Å². The molecule has 3 aromatic carbocycles. The lowest BCUT2D eigenvalue weighted by Crippen LogP contribution is -2.29. The number of anilines is 1. The van der Waals surface area contributed by atoms with Crippen LogP contribution in [0.3, 0.4) is 0 Å². The van der Waals surface area contributed by atoms with Gasteiger partial charge < -0.3 is 14.6 Å². The van der Waals surface area contributed by atoms with Crippen LogP contribution < -0.4 is 14.4 Å². The van der Waals surface area contributed by atoms with Gasteiger partial charge >= 0.3 is 5.91 Å². The summed E-state index contributed by atoms with van der Waals surface area (Å²) in [6, 6.07) is 16.3. The van der Waals surface area contributed by atoms with Crippen molar-refractivity contribution < 1.29 is 28.6 Å². The number of ketones is 1. The smallest absolute Gasteiger partial charge is 0.301 e. The maximum Gasteiger partial charge on any atom is 0.301 e. The van der Waals surface area contributed by atoms with Gasteiger partial charge in [-0.3, -0.25) is 14.5 Å². The van der Waals surface area contributed by atoms with Crippen molar-refractivity contribution in [1.82, 2.24) is 4.98 Å². The first-order valence-corrected chi connectivity index (χ1v) is 12.0. The van der Waals surface area contributed by atoms with Gasteiger partial charge in [-0.2, -0.15) is 0 Å². The number of benzene rings is 3. The molecule has 0 aliphatic carbocycles. The molecule has 1 fully saturated rings. The zero-order valence-electron chi connectivity index (χ0n) is 19.4. The van der Waals surface area contributed by atoms with E-state index < -0.39 is 23.5 Å². The van der Waals surface area contributed by atoms with Crippen molar-refractivity contribution in [3.63, 3.8) is 0 Å². The number of Topliss-reactive ketones (excluding diaryl/α,β-unsaturated/α-hetero) is 1. The van der Waals surface area contributed by atoms with Crippen LogP contribution in [0.15, 0.2) is 72.3 Å². The second kappa shape index (κ2) is 9.43. The Kier molecular flexibility index (Phi) is 6.15. The van der Waals surface area contributed by atoms with Crippen molar-refractivity contribution in [3.05, 3.63) is 89.2 Å². The van der Waals surface area contributed by atoms with E-state index in [9.17, 15) is 19.1 Å². The van der Waals surface area contributed by atoms with Gasteiger partial charge in [-0.1, -0.05) is 23.5 Å². The van der Waals surface area contributed by atoms with Gasteiger partial charge in [-0.15, -0.1) is 0 Å². The first-order valence-electron chi connectivity index (χ1n) is 11.2. The Morgan fingerprint density at radius 2 is 1.75 bits per heavy atom. The van der Waals surface area contributed by atoms with E-state index in [1.807, 2.05) is 13.0 Å². The van der Waals surface area contributed by atoms with Crippen LogP contribution in [0, 0.1) is 5.82 Å². The minimum absolute atomic E-state index is 0.106. The number of fused-ring (bicyclic) bond motifs is 1. The molecule has 5 rings (SSSR count). The average molecular weight is 505 g/mol. The lowest BCUT2D eigenvalue weighted by atomic mass is 9.95. The number of carbonyl (C=O) groups is 2. The summed E-state index contributed by atoms with van der Waals surface area (Å²) in [4.78, 5) is 32.5. The van der Waals surface area contributed by atoms with E-state index in [0.717, 1.165) is 4.70 Å². The third-order valence-corrected chi connectivity index (χ3v) is 6.88. The Labute approximate surface area is 210 Å². The van der Waals surface area contributed by atoms with Gasteiger partial charge in [-0.25, -0.2) is 9.37 Å². The molecule has 182 valence electrons. The van der Waals surface area contributed by atoms with Gasteiger partial charge in [0.25, 0.3) is 5.78 Å². The highest BCUT2D eigenvalue weighted by molar-refractivity contribution is 7.22. The molecule has 2 heterocycles. The first kappa shape index (κ1) is 23.5. The predicted molar refractivity (Wildman–Crippen MR) is 135 cm³/mol. The summed E-state index contributed by atoms with van der Waals surface area (Å²) in [6.07, 6.45) is 0. The summed E-state index contributed by atoms with van der Waals surface area (Å²) in [5, 5.41) is 11.5. The summed E-state index contributed by atoms with van der Waals surface area (Å²) in [7, 11) is 1.52. The maximum atomic E-state index is 13.7. The Balaban J connectivity index is 1.67. The summed E-state index contributed by atoms with van der Waals surface area (Å²) >= 11 is 1.22. The summed E-state index contributed by atoms with van der Waals surface area (Å²) in [5.41, 5.74) is 1.32. The van der Waals surface area contributed by atoms with Crippen molar-refractivity contribution in [2.75, 3.05) is 18.6 Å². The SMILES string of the molecule is CCOc1ccc2nc(N3C(=O)C(=O)/C(=C(/O)c4ccc(OC)cc4)[C@H]3c3ccc(F)cc3)sc2c1. The fourth-order valence-corrected chi connectivity index (χ4v) is 5.17. The van der Waals surface area contributed by atoms with E-state index in [-0.39, 0.29) is 16.5 Å². The Morgan fingerprint density at radius 1 is 1.06 bits per heavy atom. The number of thiazole rings is 1. The van der Waals surface area contributed by atoms with E-state index >= 15 is 0 Å². The maximum absolute atomic E-state index is 13.7. The molecule has 0 radical (unpaired) electrons. The van der Waals surface area contributed by atoms with E-state index in [1.165, 1.54) is 47.6 Å². The van der Waals surface area contributed by atoms with Crippen LogP contribution in [-0.2, 0) is 9.59 Å². The molecule has 1 saturated heterocycles. The highest BCUT2D eigenvalue weighted by Gasteiger charge is 2.48. The Morgan fingerprint density at radius 3 is 2.42 bits per heavy atom. The van der Waals surface area contributed by atoms with Crippen molar-refractivity contribution in [2.45, 2.75) is 13.0 Å². The van der Waals surface area contributed by atoms with Crippen molar-refractivity contribution in [2.24, 2.45) is 0 Å². The molecule has 4 aromatic rings. The van der Waals surface area contributed by atoms with Gasteiger partial charge in [-0.05, 0) is 67.1 Å². The van der Waals surface area contributed by atoms with Crippen LogP contribution in [0.2, 0.25) is 0 Å². The molecular weight excluding hydrogens is 483 g/mol. The van der Waals surface area contributed by atoms with Gasteiger partial charge in [0.2, 0.25) is 0 Å². The lowest BCUT2D eigenvalue weighted by molar-refractivity contribution is -0.132. The number of aliphatic hydroxyl groups excluding tert-OH is 1. The summed E-state index contributed by atoms with van der Waals surface area (Å²) < 4.78 is 25.2. The third kappa shape index (κ3) is 4.07. The standard InChI is InChI=1S/C27H21FN2O5S/c1-3-35-19-12-13-20-21(14-19)36-27(29-20)30-23(15-4-8-17(28)9-5-15)22(25(32)26(30)33)24(31)16-6-10-18(34-2)11-7-16/h4-14,23,31H,3H2,1-2H3/b24-22+/t23-/m1/s1. The van der Waals surface area contributed by atoms with Crippen LogP contribution in [0.1, 0.15) is 24.1 Å². The van der Waals surface area contributed by atoms with Gasteiger partial charge in [0.05, 0.1) is 35.5 Å². The van der Waals surface area contributed by atoms with Crippen LogP contribution in [-0.4, -0.2) is 35.5 Å². The number of ether oxygens (including phenoxy) is 2. The number of nitrogens with zero attached hydrogens (tertiary/aromatic N) is 2. The Hall–Kier alpha value is -4.24. The summed E-state index contributed by atoms with van der Waals surface area (Å²) in [6.45, 7) is 2.38. The normalized spacial score (nSPS) is 17.1. The molecule has 36 heavy (non-hydrogen) atoms. The molecule has 9 heteroatoms. The molecule has 1 atom stereocenters. The molecule has 1 amide bonds. The number of aliphatic hydroxyl groups is 1. The van der Waals surface area contributed by atoms with Crippen LogP contribution in [0.25, 0.3) is 16.0 Å². The number of aromatic nitrogens is 1. The third-order valence-electron chi connectivity index (χ3n) is 5.86. The fourth-order valence-electron chi connectivity index (χ4n) is 4.15. The zero-order chi connectivity index (χ0) is 25.4. The van der Waals surface area contributed by atoms with Crippen LogP contribution >= 0.6 is 11.3 Å². The second-order valence-electron chi connectivity index (χ2n) is 8.01. The lowest BCUT2D eigenvalue weighted by Gasteiger charge is -2.23. The number of halogens is 1. The highest BCUT2D eigenvalue weighted by Crippen LogP contribution is 2.44. The fraction of sp³-hybridized carbons (Fsp3) is 0.148. The predicted octanol–water partition coefficient (Wildman–Crippen LogP) is 5.47. The van der Waals surface area contributed by atoms with E-state index in [2.05, 4.69) is 4.98 Å². The second-order valence-corrected chi connectivity index (χ2v) is 9.02. The van der Waals surface area contributed by atoms with Crippen LogP contribution in [0.5, 0.6) is 11.5 Å². The number of methoxy groups -OCH3 is 1. The molecular formula is C27H21FN2O5S. The number of carbonyl (C=O) groups excluding carboxylic acids is 2. The Bertz CT molecular complexity index is 1500. The number of rotatable bonds is 6. The quantitative estimate of drug-likeness (QED) is 0.213. The van der Waals surface area contributed by atoms with Crippen molar-refractivity contribution in [1.29, 1.82) is 0 Å². The highest BCUT2D eigenvalue weighted by atomic mass is 32.1. The molecule has 0 unspecified atom stereocenters. The van der Waals surface area contributed by atoms with Crippen molar-refractivity contribution in [3.8, 4) is 11.5 Å². The molecule has 1 aromatic heterocycles. The molecule has 1 aliphatic heterocycles. The molecule has 1 aliphatic rings. The molecule has 7 nitrogen and oxygen atoms in total.